The molecule has 2 aromatic heterocycles. The summed E-state index contributed by atoms with van der Waals surface area (Å²) < 4.78 is 0. The van der Waals surface area contributed by atoms with Gasteiger partial charge in [-0.1, -0.05) is 54.6 Å². The van der Waals surface area contributed by atoms with Gasteiger partial charge < -0.3 is 10.3 Å². The third-order valence-corrected chi connectivity index (χ3v) is 5.67. The van der Waals surface area contributed by atoms with Crippen LogP contribution in [0.25, 0.3) is 22.5 Å². The number of pyridine rings is 1. The molecule has 0 bridgehead atoms. The van der Waals surface area contributed by atoms with Gasteiger partial charge in [-0.2, -0.15) is 0 Å². The fraction of sp³-hybridized carbons (Fsp3) is 0.185. The number of carbonyl (C=O) groups is 1. The van der Waals surface area contributed by atoms with E-state index in [2.05, 4.69) is 44.5 Å². The molecule has 166 valence electrons. The lowest BCUT2D eigenvalue weighted by atomic mass is 10.0. The van der Waals surface area contributed by atoms with Crippen molar-refractivity contribution in [3.8, 4) is 22.5 Å². The van der Waals surface area contributed by atoms with Gasteiger partial charge in [0.05, 0.1) is 6.04 Å². The van der Waals surface area contributed by atoms with Gasteiger partial charge in [-0.15, -0.1) is 0 Å². The van der Waals surface area contributed by atoms with Crippen LogP contribution in [0, 0.1) is 6.92 Å². The zero-order valence-electron chi connectivity index (χ0n) is 18.7. The van der Waals surface area contributed by atoms with Crippen LogP contribution in [0.15, 0.2) is 83.9 Å². The van der Waals surface area contributed by atoms with Gasteiger partial charge in [0.1, 0.15) is 5.82 Å². The Morgan fingerprint density at radius 3 is 2.27 bits per heavy atom. The van der Waals surface area contributed by atoms with Gasteiger partial charge in [-0.25, -0.2) is 4.98 Å². The molecule has 0 aliphatic carbocycles. The topological polar surface area (TPSA) is 87.7 Å². The minimum atomic E-state index is -0.216. The van der Waals surface area contributed by atoms with Gasteiger partial charge >= 0.3 is 0 Å². The Balaban J connectivity index is 1.37. The molecule has 0 saturated heterocycles. The first-order chi connectivity index (χ1) is 16.0. The first-order valence-corrected chi connectivity index (χ1v) is 11.0. The number of rotatable bonds is 7. The van der Waals surface area contributed by atoms with Crippen LogP contribution in [0.5, 0.6) is 0 Å². The molecule has 2 heterocycles. The summed E-state index contributed by atoms with van der Waals surface area (Å²) in [6, 6.07) is 21.8. The summed E-state index contributed by atoms with van der Waals surface area (Å²) >= 11 is 0. The van der Waals surface area contributed by atoms with Crippen LogP contribution in [0.1, 0.15) is 36.2 Å². The normalized spacial score (nSPS) is 11.7. The molecular formula is C27H26N4O2. The van der Waals surface area contributed by atoms with Crippen molar-refractivity contribution in [2.24, 2.45) is 0 Å². The van der Waals surface area contributed by atoms with Crippen molar-refractivity contribution in [1.82, 2.24) is 20.3 Å². The molecule has 0 saturated carbocycles. The predicted molar refractivity (Wildman–Crippen MR) is 130 cm³/mol. The fourth-order valence-electron chi connectivity index (χ4n) is 3.78. The standard InChI is InChI=1S/C27H26N4O2/c1-18(20-8-10-22(11-9-20)21-6-4-3-5-7-21)29-25(32)13-12-24-19(2)30-26(31-27(24)33)23-14-16-28-17-15-23/h3-11,14-18H,12-13H2,1-2H3,(H,29,32)(H,30,31,33)/t18-/m0/s1. The lowest BCUT2D eigenvalue weighted by Crippen LogP contribution is -2.28. The van der Waals surface area contributed by atoms with Crippen molar-refractivity contribution in [2.45, 2.75) is 32.7 Å². The molecule has 0 fully saturated rings. The van der Waals surface area contributed by atoms with E-state index in [1.807, 2.05) is 37.3 Å². The maximum Gasteiger partial charge on any atom is 0.254 e. The molecule has 6 heteroatoms. The molecule has 2 N–H and O–H groups in total. The number of nitrogens with one attached hydrogen (secondary N) is 2. The van der Waals surface area contributed by atoms with E-state index in [9.17, 15) is 9.59 Å². The highest BCUT2D eigenvalue weighted by Gasteiger charge is 2.14. The first-order valence-electron chi connectivity index (χ1n) is 11.0. The van der Waals surface area contributed by atoms with Crippen LogP contribution in [0.3, 0.4) is 0 Å². The van der Waals surface area contributed by atoms with Crippen molar-refractivity contribution in [3.05, 3.63) is 106 Å². The molecule has 2 aromatic carbocycles. The lowest BCUT2D eigenvalue weighted by molar-refractivity contribution is -0.121. The zero-order chi connectivity index (χ0) is 23.2. The van der Waals surface area contributed by atoms with Crippen LogP contribution in [0.4, 0.5) is 0 Å². The molecular weight excluding hydrogens is 412 g/mol. The number of nitrogens with zero attached hydrogens (tertiary/aromatic N) is 2. The fourth-order valence-corrected chi connectivity index (χ4v) is 3.78. The van der Waals surface area contributed by atoms with Crippen LogP contribution in [-0.2, 0) is 11.2 Å². The largest absolute Gasteiger partial charge is 0.350 e. The third kappa shape index (κ3) is 5.41. The van der Waals surface area contributed by atoms with Crippen molar-refractivity contribution in [3.63, 3.8) is 0 Å². The van der Waals surface area contributed by atoms with Gasteiger partial charge in [0.2, 0.25) is 5.91 Å². The number of aromatic amines is 1. The number of aromatic nitrogens is 3. The summed E-state index contributed by atoms with van der Waals surface area (Å²) in [7, 11) is 0. The summed E-state index contributed by atoms with van der Waals surface area (Å²) in [5, 5.41) is 3.02. The molecule has 4 rings (SSSR count). The molecule has 6 nitrogen and oxygen atoms in total. The molecule has 0 aliphatic heterocycles. The van der Waals surface area contributed by atoms with Gasteiger partial charge in [-0.3, -0.25) is 14.6 Å². The smallest absolute Gasteiger partial charge is 0.254 e. The Kier molecular flexibility index (Phi) is 6.74. The van der Waals surface area contributed by atoms with E-state index < -0.39 is 0 Å². The first kappa shape index (κ1) is 22.1. The minimum Gasteiger partial charge on any atom is -0.350 e. The Morgan fingerprint density at radius 1 is 0.939 bits per heavy atom. The van der Waals surface area contributed by atoms with E-state index in [-0.39, 0.29) is 23.9 Å². The molecule has 0 radical (unpaired) electrons. The van der Waals surface area contributed by atoms with Crippen molar-refractivity contribution < 1.29 is 4.79 Å². The summed E-state index contributed by atoms with van der Waals surface area (Å²) in [5.74, 6) is 0.396. The molecule has 0 spiro atoms. The van der Waals surface area contributed by atoms with Gasteiger partial charge in [0.15, 0.2) is 0 Å². The minimum absolute atomic E-state index is 0.105. The highest BCUT2D eigenvalue weighted by molar-refractivity contribution is 5.76. The van der Waals surface area contributed by atoms with Crippen LogP contribution >= 0.6 is 0 Å². The Hall–Kier alpha value is -4.06. The monoisotopic (exact) mass is 438 g/mol. The van der Waals surface area contributed by atoms with Crippen LogP contribution in [0.2, 0.25) is 0 Å². The third-order valence-electron chi connectivity index (χ3n) is 5.67. The maximum atomic E-state index is 12.6. The number of H-pyrrole nitrogens is 1. The SMILES string of the molecule is Cc1nc(-c2ccncc2)[nH]c(=O)c1CCC(=O)N[C@@H](C)c1ccc(-c2ccccc2)cc1. The number of benzene rings is 2. The van der Waals surface area contributed by atoms with E-state index in [0.717, 1.165) is 22.3 Å². The van der Waals surface area contributed by atoms with Crippen LogP contribution < -0.4 is 10.9 Å². The molecule has 0 unspecified atom stereocenters. The van der Waals surface area contributed by atoms with E-state index in [0.29, 0.717) is 23.5 Å². The van der Waals surface area contributed by atoms with E-state index in [1.54, 1.807) is 31.5 Å². The van der Waals surface area contributed by atoms with Crippen molar-refractivity contribution in [1.29, 1.82) is 0 Å². The highest BCUT2D eigenvalue weighted by Crippen LogP contribution is 2.22. The average molecular weight is 439 g/mol. The molecule has 1 amide bonds. The number of carbonyl (C=O) groups excluding carboxylic acids is 1. The zero-order valence-corrected chi connectivity index (χ0v) is 18.7. The predicted octanol–water partition coefficient (Wildman–Crippen LogP) is 4.62. The van der Waals surface area contributed by atoms with Crippen molar-refractivity contribution >= 4 is 5.91 Å². The Morgan fingerprint density at radius 2 is 1.61 bits per heavy atom. The summed E-state index contributed by atoms with van der Waals surface area (Å²) in [6.07, 6.45) is 3.85. The molecule has 1 atom stereocenters. The molecule has 4 aromatic rings. The van der Waals surface area contributed by atoms with Crippen LogP contribution in [-0.4, -0.2) is 20.9 Å². The number of aryl methyl sites for hydroxylation is 1. The summed E-state index contributed by atoms with van der Waals surface area (Å²) in [4.78, 5) is 36.5. The summed E-state index contributed by atoms with van der Waals surface area (Å²) in [5.41, 5.74) is 5.06. The van der Waals surface area contributed by atoms with E-state index in [4.69, 9.17) is 0 Å². The second-order valence-corrected chi connectivity index (χ2v) is 7.99. The van der Waals surface area contributed by atoms with Gasteiger partial charge in [-0.05, 0) is 49.1 Å². The number of hydrogen-bond acceptors (Lipinski definition) is 4. The number of amides is 1. The second-order valence-electron chi connectivity index (χ2n) is 7.99. The quantitative estimate of drug-likeness (QED) is 0.441. The molecule has 33 heavy (non-hydrogen) atoms. The second kappa shape index (κ2) is 10.0. The lowest BCUT2D eigenvalue weighted by Gasteiger charge is -2.15. The van der Waals surface area contributed by atoms with Gasteiger partial charge in [0.25, 0.3) is 5.56 Å². The average Bonchev–Trinajstić information content (AvgIpc) is 2.84. The summed E-state index contributed by atoms with van der Waals surface area (Å²) in [6.45, 7) is 3.75. The Labute approximate surface area is 192 Å². The Bertz CT molecular complexity index is 1280. The van der Waals surface area contributed by atoms with E-state index in [1.165, 1.54) is 0 Å². The maximum absolute atomic E-state index is 12.6. The molecule has 0 aliphatic rings. The van der Waals surface area contributed by atoms with Gasteiger partial charge in [0, 0.05) is 35.6 Å². The highest BCUT2D eigenvalue weighted by atomic mass is 16.1. The van der Waals surface area contributed by atoms with Crippen molar-refractivity contribution in [2.75, 3.05) is 0 Å². The van der Waals surface area contributed by atoms with E-state index >= 15 is 0 Å². The number of hydrogen-bond donors (Lipinski definition) is 2.